The molecule has 2 heteroatoms. The van der Waals surface area contributed by atoms with Crippen molar-refractivity contribution in [1.29, 1.82) is 0 Å². The lowest BCUT2D eigenvalue weighted by Gasteiger charge is -2.28. The molecule has 0 amide bonds. The van der Waals surface area contributed by atoms with E-state index in [2.05, 4.69) is 193 Å². The molecule has 1 aliphatic carbocycles. The molecule has 2 nitrogen and oxygen atoms in total. The van der Waals surface area contributed by atoms with Gasteiger partial charge in [0.25, 0.3) is 0 Å². The average Bonchev–Trinajstić information content (AvgIpc) is 3.81. The van der Waals surface area contributed by atoms with Gasteiger partial charge < -0.3 is 8.98 Å². The van der Waals surface area contributed by atoms with Crippen LogP contribution in [-0.2, 0) is 0 Å². The van der Waals surface area contributed by atoms with Crippen LogP contribution in [0.25, 0.3) is 126 Å². The van der Waals surface area contributed by atoms with Gasteiger partial charge in [0, 0.05) is 27.2 Å². The number of furan rings is 1. The van der Waals surface area contributed by atoms with Crippen LogP contribution in [0.2, 0.25) is 0 Å². The van der Waals surface area contributed by atoms with Crippen molar-refractivity contribution in [3.8, 4) is 50.2 Å². The summed E-state index contributed by atoms with van der Waals surface area (Å²) in [5, 5.41) is 12.4. The molecular weight excluding hydrogens is 679 g/mol. The van der Waals surface area contributed by atoms with Gasteiger partial charge in [-0.05, 0) is 137 Å². The van der Waals surface area contributed by atoms with Crippen molar-refractivity contribution in [1.82, 2.24) is 4.57 Å². The van der Waals surface area contributed by atoms with E-state index >= 15 is 0 Å². The molecule has 0 bridgehead atoms. The molecule has 13 rings (SSSR count). The van der Waals surface area contributed by atoms with Crippen molar-refractivity contribution in [2.24, 2.45) is 0 Å². The van der Waals surface area contributed by atoms with Crippen molar-refractivity contribution in [2.45, 2.75) is 0 Å². The highest BCUT2D eigenvalue weighted by molar-refractivity contribution is 6.28. The molecule has 0 radical (unpaired) electrons. The summed E-state index contributed by atoms with van der Waals surface area (Å²) in [5.41, 5.74) is 15.6. The minimum Gasteiger partial charge on any atom is -0.456 e. The van der Waals surface area contributed by atoms with Gasteiger partial charge in [-0.25, -0.2) is 0 Å². The van der Waals surface area contributed by atoms with Crippen molar-refractivity contribution >= 4 is 76.1 Å². The van der Waals surface area contributed by atoms with E-state index in [0.29, 0.717) is 0 Å². The van der Waals surface area contributed by atoms with Crippen LogP contribution >= 0.6 is 0 Å². The third kappa shape index (κ3) is 4.00. The molecule has 1 aliphatic rings. The molecule has 0 atom stereocenters. The first-order valence-electron chi connectivity index (χ1n) is 19.3. The van der Waals surface area contributed by atoms with Crippen molar-refractivity contribution in [3.05, 3.63) is 188 Å². The summed E-state index contributed by atoms with van der Waals surface area (Å²) in [6.07, 6.45) is 0. The molecule has 56 heavy (non-hydrogen) atoms. The number of rotatable bonds is 3. The van der Waals surface area contributed by atoms with Gasteiger partial charge in [0.1, 0.15) is 11.2 Å². The molecule has 0 N–H and O–H groups in total. The Kier molecular flexibility index (Phi) is 5.92. The fourth-order valence-electron chi connectivity index (χ4n) is 9.87. The fourth-order valence-corrected chi connectivity index (χ4v) is 9.87. The van der Waals surface area contributed by atoms with Crippen LogP contribution < -0.4 is 0 Å². The molecule has 2 heterocycles. The van der Waals surface area contributed by atoms with E-state index in [9.17, 15) is 0 Å². The average molecular weight is 710 g/mol. The maximum atomic E-state index is 6.45. The third-order valence-electron chi connectivity index (χ3n) is 12.3. The van der Waals surface area contributed by atoms with Crippen LogP contribution in [0.4, 0.5) is 0 Å². The Bertz CT molecular complexity index is 3590. The summed E-state index contributed by atoms with van der Waals surface area (Å²) in [6, 6.07) is 69.0. The Balaban J connectivity index is 1.08. The number of benzene rings is 10. The van der Waals surface area contributed by atoms with Gasteiger partial charge in [0.2, 0.25) is 0 Å². The Hall–Kier alpha value is -7.42. The van der Waals surface area contributed by atoms with Gasteiger partial charge >= 0.3 is 0 Å². The predicted octanol–water partition coefficient (Wildman–Crippen LogP) is 15.1. The second-order valence-corrected chi connectivity index (χ2v) is 15.2. The molecular formula is C54H31NO. The van der Waals surface area contributed by atoms with Crippen LogP contribution in [0.3, 0.4) is 0 Å². The lowest BCUT2D eigenvalue weighted by molar-refractivity contribution is 0.669. The first-order chi connectivity index (χ1) is 27.8. The topological polar surface area (TPSA) is 18.1 Å². The van der Waals surface area contributed by atoms with E-state index in [1.807, 2.05) is 0 Å². The smallest absolute Gasteiger partial charge is 0.136 e. The molecule has 0 saturated heterocycles. The second kappa shape index (κ2) is 11.1. The monoisotopic (exact) mass is 709 g/mol. The predicted molar refractivity (Wildman–Crippen MR) is 236 cm³/mol. The highest BCUT2D eigenvalue weighted by Gasteiger charge is 2.28. The SMILES string of the molecule is c1ccc(-c2c3ccccc3c(-c3cccc4oc5ccccc5c34)c3cc4c(cc23)-c2cc3cc(-n5c6ccccc6c6ccccc65)ccc3cc2-4)cc1. The Labute approximate surface area is 322 Å². The van der Waals surface area contributed by atoms with Gasteiger partial charge in [-0.3, -0.25) is 0 Å². The van der Waals surface area contributed by atoms with Gasteiger partial charge in [-0.2, -0.15) is 0 Å². The fraction of sp³-hybridized carbons (Fsp3) is 0. The maximum absolute atomic E-state index is 6.45. The molecule has 0 fully saturated rings. The Morgan fingerprint density at radius 2 is 0.875 bits per heavy atom. The normalized spacial score (nSPS) is 12.3. The minimum atomic E-state index is 0.911. The molecule has 0 spiro atoms. The van der Waals surface area contributed by atoms with Crippen LogP contribution in [-0.4, -0.2) is 4.57 Å². The van der Waals surface area contributed by atoms with Gasteiger partial charge in [0.05, 0.1) is 11.0 Å². The maximum Gasteiger partial charge on any atom is 0.136 e. The van der Waals surface area contributed by atoms with Crippen LogP contribution in [0, 0.1) is 0 Å². The number of fused-ring (bicyclic) bond motifs is 13. The largest absolute Gasteiger partial charge is 0.456 e. The van der Waals surface area contributed by atoms with Gasteiger partial charge in [0.15, 0.2) is 0 Å². The van der Waals surface area contributed by atoms with E-state index < -0.39 is 0 Å². The number of aromatic nitrogens is 1. The van der Waals surface area contributed by atoms with Gasteiger partial charge in [-0.15, -0.1) is 0 Å². The standard InChI is InChI=1S/C54H31NO/c1-2-13-32(14-3-1)52-38-17-4-5-18-39(38)53(41-20-12-24-51-54(41)40-19-8-11-23-50(40)56-51)47-31-45-42-28-33-25-26-35(27-34(33)29-43(42)44(45)30-46(47)52)55-48-21-9-6-15-36(48)37-16-7-10-22-49(37)55/h1-31H. The zero-order valence-corrected chi connectivity index (χ0v) is 30.3. The van der Waals surface area contributed by atoms with Crippen molar-refractivity contribution in [3.63, 3.8) is 0 Å². The van der Waals surface area contributed by atoms with Crippen LogP contribution in [0.1, 0.15) is 0 Å². The molecule has 0 saturated carbocycles. The lowest BCUT2D eigenvalue weighted by atomic mass is 9.75. The number of hydrogen-bond acceptors (Lipinski definition) is 1. The van der Waals surface area contributed by atoms with E-state index in [1.165, 1.54) is 104 Å². The van der Waals surface area contributed by atoms with E-state index in [4.69, 9.17) is 4.42 Å². The third-order valence-corrected chi connectivity index (χ3v) is 12.3. The minimum absolute atomic E-state index is 0.911. The van der Waals surface area contributed by atoms with Crippen molar-refractivity contribution < 1.29 is 4.42 Å². The van der Waals surface area contributed by atoms with E-state index in [0.717, 1.165) is 21.9 Å². The summed E-state index contributed by atoms with van der Waals surface area (Å²) >= 11 is 0. The summed E-state index contributed by atoms with van der Waals surface area (Å²) < 4.78 is 8.86. The summed E-state index contributed by atoms with van der Waals surface area (Å²) in [5.74, 6) is 0. The Morgan fingerprint density at radius 1 is 0.321 bits per heavy atom. The molecule has 258 valence electrons. The zero-order valence-electron chi connectivity index (χ0n) is 30.3. The molecule has 2 aromatic heterocycles. The highest BCUT2D eigenvalue weighted by Crippen LogP contribution is 2.55. The number of nitrogens with zero attached hydrogens (tertiary/aromatic N) is 1. The highest BCUT2D eigenvalue weighted by atomic mass is 16.3. The van der Waals surface area contributed by atoms with Crippen LogP contribution in [0.5, 0.6) is 0 Å². The van der Waals surface area contributed by atoms with E-state index in [-0.39, 0.29) is 0 Å². The summed E-state index contributed by atoms with van der Waals surface area (Å²) in [4.78, 5) is 0. The zero-order chi connectivity index (χ0) is 36.5. The quantitative estimate of drug-likeness (QED) is 0.167. The first-order valence-corrected chi connectivity index (χ1v) is 19.3. The van der Waals surface area contributed by atoms with E-state index in [1.54, 1.807) is 0 Å². The second-order valence-electron chi connectivity index (χ2n) is 15.2. The Morgan fingerprint density at radius 3 is 1.61 bits per heavy atom. The molecule has 0 aliphatic heterocycles. The lowest BCUT2D eigenvalue weighted by Crippen LogP contribution is -2.01. The molecule has 0 unspecified atom stereocenters. The number of hydrogen-bond donors (Lipinski definition) is 0. The molecule has 12 aromatic rings. The summed E-state index contributed by atoms with van der Waals surface area (Å²) in [6.45, 7) is 0. The van der Waals surface area contributed by atoms with Crippen LogP contribution in [0.15, 0.2) is 192 Å². The van der Waals surface area contributed by atoms with Gasteiger partial charge in [-0.1, -0.05) is 127 Å². The summed E-state index contributed by atoms with van der Waals surface area (Å²) in [7, 11) is 0. The number of para-hydroxylation sites is 3. The van der Waals surface area contributed by atoms with Crippen molar-refractivity contribution in [2.75, 3.05) is 0 Å². The molecule has 10 aromatic carbocycles. The first kappa shape index (κ1) is 30.0.